The highest BCUT2D eigenvalue weighted by Crippen LogP contribution is 2.32. The Bertz CT molecular complexity index is 1490. The summed E-state index contributed by atoms with van der Waals surface area (Å²) in [6.07, 6.45) is 0.890. The van der Waals surface area contributed by atoms with Crippen LogP contribution < -0.4 is 20.7 Å². The number of rotatable bonds is 9. The Hall–Kier alpha value is -3.85. The Labute approximate surface area is 208 Å². The summed E-state index contributed by atoms with van der Waals surface area (Å²) in [5.41, 5.74) is 2.06. The van der Waals surface area contributed by atoms with Crippen molar-refractivity contribution in [1.82, 2.24) is 24.0 Å². The molecule has 4 aromatic rings. The van der Waals surface area contributed by atoms with Crippen molar-refractivity contribution < 1.29 is 9.47 Å². The lowest BCUT2D eigenvalue weighted by molar-refractivity contribution is 0.174. The second-order valence-electron chi connectivity index (χ2n) is 9.73. The molecule has 0 saturated heterocycles. The number of benzene rings is 2. The zero-order valence-corrected chi connectivity index (χ0v) is 20.9. The lowest BCUT2D eigenvalue weighted by Gasteiger charge is -2.18. The highest BCUT2D eigenvalue weighted by atomic mass is 16.7. The maximum absolute atomic E-state index is 13.0. The molecule has 9 heteroatoms. The van der Waals surface area contributed by atoms with Crippen LogP contribution in [0.3, 0.4) is 0 Å². The summed E-state index contributed by atoms with van der Waals surface area (Å²) in [5.74, 6) is 2.72. The number of aryl methyl sites for hydroxylation is 1. The van der Waals surface area contributed by atoms with Gasteiger partial charge in [-0.25, -0.2) is 9.78 Å². The van der Waals surface area contributed by atoms with E-state index in [1.165, 1.54) is 0 Å². The van der Waals surface area contributed by atoms with Crippen molar-refractivity contribution in [3.63, 3.8) is 0 Å². The van der Waals surface area contributed by atoms with E-state index >= 15 is 0 Å². The number of H-pyrrole nitrogens is 1. The van der Waals surface area contributed by atoms with Gasteiger partial charge in [-0.2, -0.15) is 0 Å². The summed E-state index contributed by atoms with van der Waals surface area (Å²) in [6.45, 7) is 6.71. The first-order chi connectivity index (χ1) is 17.4. The molecule has 0 saturated carbocycles. The van der Waals surface area contributed by atoms with E-state index in [2.05, 4.69) is 23.7 Å². The number of fused-ring (bicyclic) bond motifs is 2. The number of nitrogens with zero attached hydrogens (tertiary/aromatic N) is 4. The van der Waals surface area contributed by atoms with Crippen LogP contribution in [0.5, 0.6) is 11.5 Å². The minimum atomic E-state index is -0.454. The van der Waals surface area contributed by atoms with E-state index in [4.69, 9.17) is 14.5 Å². The van der Waals surface area contributed by atoms with Gasteiger partial charge in [-0.05, 0) is 42.6 Å². The van der Waals surface area contributed by atoms with Gasteiger partial charge in [0.05, 0.1) is 13.1 Å². The number of hydrogen-bond donors (Lipinski definition) is 1. The van der Waals surface area contributed by atoms with Crippen molar-refractivity contribution in [2.75, 3.05) is 13.8 Å². The number of aromatic nitrogens is 4. The fourth-order valence-corrected chi connectivity index (χ4v) is 4.53. The topological polar surface area (TPSA) is 94.4 Å². The molecule has 2 aromatic heterocycles. The van der Waals surface area contributed by atoms with Crippen molar-refractivity contribution in [2.24, 2.45) is 5.92 Å². The zero-order chi connectivity index (χ0) is 25.2. The Balaban J connectivity index is 1.50. The molecule has 1 N–H and O–H groups in total. The number of aromatic amines is 1. The Morgan fingerprint density at radius 3 is 2.56 bits per heavy atom. The maximum Gasteiger partial charge on any atom is 0.330 e. The summed E-state index contributed by atoms with van der Waals surface area (Å²) < 4.78 is 14.5. The molecule has 0 spiro atoms. The van der Waals surface area contributed by atoms with E-state index in [1.807, 2.05) is 60.1 Å². The van der Waals surface area contributed by atoms with Crippen molar-refractivity contribution in [3.8, 4) is 11.5 Å². The number of hydrogen-bond acceptors (Lipinski definition) is 6. The van der Waals surface area contributed by atoms with Crippen LogP contribution in [0.25, 0.3) is 11.2 Å². The summed E-state index contributed by atoms with van der Waals surface area (Å²) in [7, 11) is 2.01. The van der Waals surface area contributed by atoms with E-state index in [0.29, 0.717) is 43.3 Å². The third-order valence-corrected chi connectivity index (χ3v) is 6.38. The second kappa shape index (κ2) is 10.0. The molecule has 0 aliphatic carbocycles. The van der Waals surface area contributed by atoms with Gasteiger partial charge in [0.1, 0.15) is 5.82 Å². The van der Waals surface area contributed by atoms with Crippen LogP contribution >= 0.6 is 0 Å². The van der Waals surface area contributed by atoms with Crippen molar-refractivity contribution in [3.05, 3.63) is 86.3 Å². The molecular weight excluding hydrogens is 458 g/mol. The zero-order valence-electron chi connectivity index (χ0n) is 20.9. The SMILES string of the molecule is CC(C)CCn1c(CN(C)Cc2ccc3c(c2)OCO3)nc2c1c(=O)[nH]c(=O)n2Cc1ccccc1. The molecule has 0 fully saturated rings. The first-order valence-corrected chi connectivity index (χ1v) is 12.2. The lowest BCUT2D eigenvalue weighted by Crippen LogP contribution is -2.31. The summed E-state index contributed by atoms with van der Waals surface area (Å²) in [4.78, 5) is 35.3. The van der Waals surface area contributed by atoms with Crippen LogP contribution in [-0.2, 0) is 26.2 Å². The highest BCUT2D eigenvalue weighted by molar-refractivity contribution is 5.71. The first kappa shape index (κ1) is 23.9. The Morgan fingerprint density at radius 1 is 1.00 bits per heavy atom. The predicted octanol–water partition coefficient (Wildman–Crippen LogP) is 3.34. The van der Waals surface area contributed by atoms with Crippen molar-refractivity contribution in [1.29, 1.82) is 0 Å². The van der Waals surface area contributed by atoms with Crippen molar-refractivity contribution >= 4 is 11.2 Å². The van der Waals surface area contributed by atoms with Crippen LogP contribution in [0, 0.1) is 5.92 Å². The van der Waals surface area contributed by atoms with E-state index in [0.717, 1.165) is 34.9 Å². The lowest BCUT2D eigenvalue weighted by atomic mass is 10.1. The second-order valence-corrected chi connectivity index (χ2v) is 9.73. The Morgan fingerprint density at radius 2 is 1.78 bits per heavy atom. The molecule has 9 nitrogen and oxygen atoms in total. The van der Waals surface area contributed by atoms with Crippen LogP contribution in [-0.4, -0.2) is 37.8 Å². The third-order valence-electron chi connectivity index (χ3n) is 6.38. The number of nitrogens with one attached hydrogen (secondary N) is 1. The van der Waals surface area contributed by atoms with E-state index < -0.39 is 11.2 Å². The average Bonchev–Trinajstić information content (AvgIpc) is 3.45. The van der Waals surface area contributed by atoms with Crippen LogP contribution in [0.2, 0.25) is 0 Å². The molecule has 5 rings (SSSR count). The summed E-state index contributed by atoms with van der Waals surface area (Å²) >= 11 is 0. The minimum absolute atomic E-state index is 0.244. The standard InChI is InChI=1S/C27H31N5O4/c1-18(2)11-12-31-23(16-30(3)14-20-9-10-21-22(13-20)36-17-35-21)28-25-24(31)26(33)29-27(34)32(25)15-19-7-5-4-6-8-19/h4-10,13,18H,11-12,14-17H2,1-3H3,(H,29,33,34). The maximum atomic E-state index is 13.0. The fraction of sp³-hybridized carbons (Fsp3) is 0.370. The highest BCUT2D eigenvalue weighted by Gasteiger charge is 2.20. The molecule has 36 heavy (non-hydrogen) atoms. The molecule has 0 amide bonds. The van der Waals surface area contributed by atoms with Crippen LogP contribution in [0.1, 0.15) is 37.2 Å². The molecule has 0 atom stereocenters. The van der Waals surface area contributed by atoms with Gasteiger partial charge < -0.3 is 14.0 Å². The monoisotopic (exact) mass is 489 g/mol. The number of imidazole rings is 1. The fourth-order valence-electron chi connectivity index (χ4n) is 4.53. The molecule has 0 bridgehead atoms. The van der Waals surface area contributed by atoms with Gasteiger partial charge in [-0.3, -0.25) is 19.2 Å². The smallest absolute Gasteiger partial charge is 0.330 e. The van der Waals surface area contributed by atoms with E-state index in [-0.39, 0.29) is 6.79 Å². The molecule has 2 aromatic carbocycles. The molecule has 0 unspecified atom stereocenters. The van der Waals surface area contributed by atoms with Gasteiger partial charge in [-0.1, -0.05) is 50.2 Å². The minimum Gasteiger partial charge on any atom is -0.454 e. The van der Waals surface area contributed by atoms with Gasteiger partial charge in [0.15, 0.2) is 22.7 Å². The molecule has 0 radical (unpaired) electrons. The molecule has 1 aliphatic heterocycles. The molecule has 188 valence electrons. The van der Waals surface area contributed by atoms with Gasteiger partial charge in [-0.15, -0.1) is 0 Å². The van der Waals surface area contributed by atoms with Gasteiger partial charge in [0, 0.05) is 13.1 Å². The normalized spacial score (nSPS) is 12.8. The van der Waals surface area contributed by atoms with Crippen LogP contribution in [0.4, 0.5) is 0 Å². The van der Waals surface area contributed by atoms with E-state index in [9.17, 15) is 9.59 Å². The van der Waals surface area contributed by atoms with Crippen LogP contribution in [0.15, 0.2) is 58.1 Å². The summed E-state index contributed by atoms with van der Waals surface area (Å²) in [6, 6.07) is 15.6. The molecular formula is C27H31N5O4. The number of ether oxygens (including phenoxy) is 2. The van der Waals surface area contributed by atoms with Gasteiger partial charge in [0.2, 0.25) is 6.79 Å². The third kappa shape index (κ3) is 4.92. The quantitative estimate of drug-likeness (QED) is 0.388. The first-order valence-electron chi connectivity index (χ1n) is 12.2. The Kier molecular flexibility index (Phi) is 6.65. The average molecular weight is 490 g/mol. The van der Waals surface area contributed by atoms with Gasteiger partial charge in [0.25, 0.3) is 5.56 Å². The molecule has 3 heterocycles. The van der Waals surface area contributed by atoms with Crippen molar-refractivity contribution in [2.45, 2.75) is 46.4 Å². The largest absolute Gasteiger partial charge is 0.454 e. The van der Waals surface area contributed by atoms with E-state index in [1.54, 1.807) is 4.57 Å². The summed E-state index contributed by atoms with van der Waals surface area (Å²) in [5, 5.41) is 0. The molecule has 1 aliphatic rings. The van der Waals surface area contributed by atoms with Gasteiger partial charge >= 0.3 is 5.69 Å². The predicted molar refractivity (Wildman–Crippen MR) is 137 cm³/mol.